The molecule has 0 atom stereocenters. The zero-order valence-electron chi connectivity index (χ0n) is 19.5. The standard InChI is InChI=1S/C29H26ClN3O2/c1-2-35-25-5-3-4-22(18-25)20-13-16-33(17-14-20)29(34)21-6-9-24(10-7-21)32-27-12-15-31-28-19-23(30)8-11-26(27)28/h3-13,15,18-19H,2,14,16-17H2,1H3,(H,31,32). The van der Waals surface area contributed by atoms with Crippen molar-refractivity contribution in [3.63, 3.8) is 0 Å². The molecule has 3 aromatic carbocycles. The van der Waals surface area contributed by atoms with Crippen LogP contribution in [0.3, 0.4) is 0 Å². The zero-order chi connectivity index (χ0) is 24.2. The number of hydrogen-bond donors (Lipinski definition) is 1. The van der Waals surface area contributed by atoms with Gasteiger partial charge in [-0.1, -0.05) is 29.8 Å². The molecule has 35 heavy (non-hydrogen) atoms. The summed E-state index contributed by atoms with van der Waals surface area (Å²) in [6.07, 6.45) is 4.72. The van der Waals surface area contributed by atoms with Crippen LogP contribution >= 0.6 is 11.6 Å². The Morgan fingerprint density at radius 2 is 1.94 bits per heavy atom. The molecule has 5 rings (SSSR count). The van der Waals surface area contributed by atoms with Crippen LogP contribution in [0.1, 0.15) is 29.3 Å². The van der Waals surface area contributed by atoms with Crippen LogP contribution in [0.25, 0.3) is 16.5 Å². The second kappa shape index (κ2) is 10.2. The Morgan fingerprint density at radius 3 is 2.71 bits per heavy atom. The number of carbonyl (C=O) groups is 1. The minimum absolute atomic E-state index is 0.0407. The molecule has 1 aliphatic heterocycles. The highest BCUT2D eigenvalue weighted by Gasteiger charge is 2.19. The van der Waals surface area contributed by atoms with Crippen molar-refractivity contribution in [2.24, 2.45) is 0 Å². The summed E-state index contributed by atoms with van der Waals surface area (Å²) in [5.74, 6) is 0.917. The van der Waals surface area contributed by atoms with Crippen molar-refractivity contribution in [1.29, 1.82) is 0 Å². The van der Waals surface area contributed by atoms with Crippen LogP contribution in [0.4, 0.5) is 11.4 Å². The predicted octanol–water partition coefficient (Wildman–Crippen LogP) is 6.96. The summed E-state index contributed by atoms with van der Waals surface area (Å²) in [6, 6.07) is 23.3. The van der Waals surface area contributed by atoms with Crippen molar-refractivity contribution in [2.45, 2.75) is 13.3 Å². The molecule has 1 aliphatic rings. The third kappa shape index (κ3) is 5.15. The molecule has 176 valence electrons. The Bertz CT molecular complexity index is 1400. The van der Waals surface area contributed by atoms with Crippen molar-refractivity contribution in [3.05, 3.63) is 101 Å². The fraction of sp³-hybridized carbons (Fsp3) is 0.172. The van der Waals surface area contributed by atoms with E-state index < -0.39 is 0 Å². The molecule has 1 N–H and O–H groups in total. The number of fused-ring (bicyclic) bond motifs is 1. The van der Waals surface area contributed by atoms with E-state index in [1.54, 1.807) is 6.20 Å². The van der Waals surface area contributed by atoms with Gasteiger partial charge in [-0.2, -0.15) is 0 Å². The second-order valence-electron chi connectivity index (χ2n) is 8.41. The highest BCUT2D eigenvalue weighted by molar-refractivity contribution is 6.31. The summed E-state index contributed by atoms with van der Waals surface area (Å²) >= 11 is 6.09. The van der Waals surface area contributed by atoms with Crippen LogP contribution in [0.5, 0.6) is 5.75 Å². The van der Waals surface area contributed by atoms with E-state index in [1.165, 1.54) is 5.57 Å². The maximum atomic E-state index is 13.1. The van der Waals surface area contributed by atoms with Gasteiger partial charge in [0.15, 0.2) is 0 Å². The number of carbonyl (C=O) groups excluding carboxylic acids is 1. The van der Waals surface area contributed by atoms with E-state index in [1.807, 2.05) is 72.5 Å². The SMILES string of the molecule is CCOc1cccc(C2=CCN(C(=O)c3ccc(Nc4ccnc5cc(Cl)ccc45)cc3)CC2)c1. The number of benzene rings is 3. The van der Waals surface area contributed by atoms with Gasteiger partial charge in [0.1, 0.15) is 5.75 Å². The molecule has 1 aromatic heterocycles. The summed E-state index contributed by atoms with van der Waals surface area (Å²) in [4.78, 5) is 19.4. The average molecular weight is 484 g/mol. The molecule has 4 aromatic rings. The molecular weight excluding hydrogens is 458 g/mol. The molecule has 0 unspecified atom stereocenters. The van der Waals surface area contributed by atoms with E-state index in [2.05, 4.69) is 28.5 Å². The van der Waals surface area contributed by atoms with Crippen LogP contribution in [-0.2, 0) is 0 Å². The molecule has 0 spiro atoms. The molecule has 0 radical (unpaired) electrons. The normalized spacial score (nSPS) is 13.4. The minimum atomic E-state index is 0.0407. The van der Waals surface area contributed by atoms with Gasteiger partial charge in [0.25, 0.3) is 5.91 Å². The van der Waals surface area contributed by atoms with Crippen molar-refractivity contribution < 1.29 is 9.53 Å². The highest BCUT2D eigenvalue weighted by atomic mass is 35.5. The topological polar surface area (TPSA) is 54.5 Å². The highest BCUT2D eigenvalue weighted by Crippen LogP contribution is 2.28. The van der Waals surface area contributed by atoms with E-state index in [0.717, 1.165) is 40.0 Å². The monoisotopic (exact) mass is 483 g/mol. The summed E-state index contributed by atoms with van der Waals surface area (Å²) in [7, 11) is 0. The van der Waals surface area contributed by atoms with Crippen molar-refractivity contribution in [1.82, 2.24) is 9.88 Å². The number of aromatic nitrogens is 1. The van der Waals surface area contributed by atoms with Crippen LogP contribution in [0.2, 0.25) is 5.02 Å². The summed E-state index contributed by atoms with van der Waals surface area (Å²) < 4.78 is 5.62. The lowest BCUT2D eigenvalue weighted by Crippen LogP contribution is -2.34. The van der Waals surface area contributed by atoms with Gasteiger partial charge in [0.05, 0.1) is 12.1 Å². The van der Waals surface area contributed by atoms with Crippen LogP contribution < -0.4 is 10.1 Å². The Hall–Kier alpha value is -3.83. The first-order valence-corrected chi connectivity index (χ1v) is 12.1. The first kappa shape index (κ1) is 22.9. The van der Waals surface area contributed by atoms with Gasteiger partial charge < -0.3 is 15.0 Å². The number of ether oxygens (including phenoxy) is 1. The smallest absolute Gasteiger partial charge is 0.254 e. The van der Waals surface area contributed by atoms with Crippen molar-refractivity contribution in [3.8, 4) is 5.75 Å². The number of amides is 1. The Labute approximate surface area is 210 Å². The van der Waals surface area contributed by atoms with Gasteiger partial charge in [0.2, 0.25) is 0 Å². The molecule has 1 amide bonds. The van der Waals surface area contributed by atoms with Gasteiger partial charge in [-0.05, 0) is 85.1 Å². The maximum absolute atomic E-state index is 13.1. The zero-order valence-corrected chi connectivity index (χ0v) is 20.3. The molecule has 0 saturated heterocycles. The fourth-order valence-corrected chi connectivity index (χ4v) is 4.50. The number of rotatable bonds is 6. The predicted molar refractivity (Wildman–Crippen MR) is 143 cm³/mol. The van der Waals surface area contributed by atoms with Gasteiger partial charge >= 0.3 is 0 Å². The van der Waals surface area contributed by atoms with Gasteiger partial charge in [-0.25, -0.2) is 0 Å². The minimum Gasteiger partial charge on any atom is -0.494 e. The summed E-state index contributed by atoms with van der Waals surface area (Å²) in [5.41, 5.74) is 5.76. The number of halogens is 1. The van der Waals surface area contributed by atoms with E-state index in [0.29, 0.717) is 30.3 Å². The van der Waals surface area contributed by atoms with E-state index in [9.17, 15) is 4.79 Å². The van der Waals surface area contributed by atoms with Gasteiger partial charge in [-0.15, -0.1) is 0 Å². The number of pyridine rings is 1. The molecular formula is C29H26ClN3O2. The Kier molecular flexibility index (Phi) is 6.68. The van der Waals surface area contributed by atoms with E-state index in [-0.39, 0.29) is 5.91 Å². The first-order chi connectivity index (χ1) is 17.1. The summed E-state index contributed by atoms with van der Waals surface area (Å²) in [6.45, 7) is 3.91. The summed E-state index contributed by atoms with van der Waals surface area (Å²) in [5, 5.41) is 5.06. The van der Waals surface area contributed by atoms with Crippen LogP contribution in [0.15, 0.2) is 85.1 Å². The van der Waals surface area contributed by atoms with Crippen molar-refractivity contribution in [2.75, 3.05) is 25.0 Å². The number of nitrogens with zero attached hydrogens (tertiary/aromatic N) is 2. The number of nitrogens with one attached hydrogen (secondary N) is 1. The second-order valence-corrected chi connectivity index (χ2v) is 8.85. The van der Waals surface area contributed by atoms with Crippen LogP contribution in [0, 0.1) is 0 Å². The molecule has 0 saturated carbocycles. The molecule has 0 bridgehead atoms. The Morgan fingerprint density at radius 1 is 1.09 bits per heavy atom. The number of anilines is 2. The van der Waals surface area contributed by atoms with Gasteiger partial charge in [-0.3, -0.25) is 9.78 Å². The van der Waals surface area contributed by atoms with E-state index >= 15 is 0 Å². The molecule has 0 fully saturated rings. The van der Waals surface area contributed by atoms with E-state index in [4.69, 9.17) is 16.3 Å². The van der Waals surface area contributed by atoms with Gasteiger partial charge in [0, 0.05) is 46.6 Å². The molecule has 5 nitrogen and oxygen atoms in total. The lowest BCUT2D eigenvalue weighted by molar-refractivity contribution is 0.0773. The molecule has 2 heterocycles. The fourth-order valence-electron chi connectivity index (χ4n) is 4.33. The molecule has 0 aliphatic carbocycles. The number of hydrogen-bond acceptors (Lipinski definition) is 4. The third-order valence-corrected chi connectivity index (χ3v) is 6.36. The largest absolute Gasteiger partial charge is 0.494 e. The Balaban J connectivity index is 1.26. The lowest BCUT2D eigenvalue weighted by atomic mass is 9.99. The third-order valence-electron chi connectivity index (χ3n) is 6.13. The maximum Gasteiger partial charge on any atom is 0.254 e. The average Bonchev–Trinajstić information content (AvgIpc) is 2.89. The van der Waals surface area contributed by atoms with Crippen LogP contribution in [-0.4, -0.2) is 35.5 Å². The molecule has 6 heteroatoms. The van der Waals surface area contributed by atoms with Crippen molar-refractivity contribution >= 4 is 45.4 Å². The first-order valence-electron chi connectivity index (χ1n) is 11.7. The quantitative estimate of drug-likeness (QED) is 0.322. The lowest BCUT2D eigenvalue weighted by Gasteiger charge is -2.27.